The summed E-state index contributed by atoms with van der Waals surface area (Å²) in [5, 5.41) is 14.0. The number of aryl methyl sites for hydroxylation is 1. The summed E-state index contributed by atoms with van der Waals surface area (Å²) in [6, 6.07) is 3.81. The molecule has 138 valence electrons. The summed E-state index contributed by atoms with van der Waals surface area (Å²) < 4.78 is 26.9. The summed E-state index contributed by atoms with van der Waals surface area (Å²) in [5.74, 6) is 0. The van der Waals surface area contributed by atoms with Crippen molar-refractivity contribution in [2.24, 2.45) is 0 Å². The quantitative estimate of drug-likeness (QED) is 0.543. The second-order valence-corrected chi connectivity index (χ2v) is 6.96. The van der Waals surface area contributed by atoms with Crippen molar-refractivity contribution in [3.8, 4) is 0 Å². The zero-order valence-electron chi connectivity index (χ0n) is 13.2. The van der Waals surface area contributed by atoms with Crippen molar-refractivity contribution < 1.29 is 13.3 Å². The zero-order valence-corrected chi connectivity index (χ0v) is 15.7. The summed E-state index contributed by atoms with van der Waals surface area (Å²) in [6.45, 7) is 6.11. The molecule has 0 aromatic heterocycles. The predicted molar refractivity (Wildman–Crippen MR) is 96.8 cm³/mol. The van der Waals surface area contributed by atoms with E-state index < -0.39 is 14.9 Å². The fourth-order valence-electron chi connectivity index (χ4n) is 2.36. The average Bonchev–Trinajstić information content (AvgIpc) is 2.47. The van der Waals surface area contributed by atoms with E-state index in [2.05, 4.69) is 14.9 Å². The fourth-order valence-corrected chi connectivity index (χ4v) is 3.46. The molecule has 0 radical (unpaired) electrons. The molecule has 24 heavy (non-hydrogen) atoms. The van der Waals surface area contributed by atoms with Crippen LogP contribution >= 0.6 is 24.8 Å². The number of nitro groups is 1. The standard InChI is InChI=1S/C13H20N4O4S.2ClH/c1-11-10-12(2-3-13(11)17(18)19)22(20,21)15-6-9-16-7-4-14-5-8-16;;/h2-3,10,14-15H,4-9H2,1H3;2*1H. The van der Waals surface area contributed by atoms with Crippen molar-refractivity contribution >= 4 is 40.5 Å². The number of nitrogens with one attached hydrogen (secondary N) is 2. The van der Waals surface area contributed by atoms with Crippen molar-refractivity contribution in [3.05, 3.63) is 33.9 Å². The van der Waals surface area contributed by atoms with E-state index in [0.29, 0.717) is 18.7 Å². The van der Waals surface area contributed by atoms with Crippen LogP contribution in [0.5, 0.6) is 0 Å². The minimum absolute atomic E-state index is 0. The number of nitrogens with zero attached hydrogens (tertiary/aromatic N) is 2. The molecule has 1 saturated heterocycles. The van der Waals surface area contributed by atoms with E-state index in [1.165, 1.54) is 25.1 Å². The molecule has 11 heteroatoms. The van der Waals surface area contributed by atoms with Crippen LogP contribution in [0.15, 0.2) is 23.1 Å². The number of rotatable bonds is 6. The molecule has 2 rings (SSSR count). The first-order valence-electron chi connectivity index (χ1n) is 7.08. The molecule has 0 atom stereocenters. The van der Waals surface area contributed by atoms with E-state index >= 15 is 0 Å². The average molecular weight is 401 g/mol. The summed E-state index contributed by atoms with van der Waals surface area (Å²) in [4.78, 5) is 12.5. The first-order chi connectivity index (χ1) is 10.4. The van der Waals surface area contributed by atoms with Crippen LogP contribution in [0.4, 0.5) is 5.69 Å². The number of benzene rings is 1. The number of nitro benzene ring substituents is 1. The third-order valence-corrected chi connectivity index (χ3v) is 5.06. The highest BCUT2D eigenvalue weighted by Gasteiger charge is 2.18. The summed E-state index contributed by atoms with van der Waals surface area (Å²) in [7, 11) is -3.64. The normalized spacial score (nSPS) is 15.2. The predicted octanol–water partition coefficient (Wildman–Crippen LogP) is 0.930. The lowest BCUT2D eigenvalue weighted by Crippen LogP contribution is -2.46. The molecule has 0 spiro atoms. The summed E-state index contributed by atoms with van der Waals surface area (Å²) >= 11 is 0. The lowest BCUT2D eigenvalue weighted by molar-refractivity contribution is -0.385. The maximum absolute atomic E-state index is 12.2. The Morgan fingerprint density at radius 1 is 1.29 bits per heavy atom. The highest BCUT2D eigenvalue weighted by molar-refractivity contribution is 7.89. The fraction of sp³-hybridized carbons (Fsp3) is 0.538. The minimum Gasteiger partial charge on any atom is -0.314 e. The molecule has 2 N–H and O–H groups in total. The second-order valence-electron chi connectivity index (χ2n) is 5.19. The number of halogens is 2. The van der Waals surface area contributed by atoms with Crippen LogP contribution in [-0.4, -0.2) is 57.5 Å². The van der Waals surface area contributed by atoms with E-state index in [-0.39, 0.29) is 35.4 Å². The van der Waals surface area contributed by atoms with Crippen LogP contribution in [0, 0.1) is 17.0 Å². The van der Waals surface area contributed by atoms with Crippen molar-refractivity contribution in [1.29, 1.82) is 0 Å². The van der Waals surface area contributed by atoms with Gasteiger partial charge in [0, 0.05) is 50.9 Å². The third-order valence-electron chi connectivity index (χ3n) is 3.60. The Kier molecular flexibility index (Phi) is 9.71. The monoisotopic (exact) mass is 400 g/mol. The van der Waals surface area contributed by atoms with Gasteiger partial charge in [-0.3, -0.25) is 15.0 Å². The molecule has 1 fully saturated rings. The van der Waals surface area contributed by atoms with Gasteiger partial charge < -0.3 is 5.32 Å². The Balaban J connectivity index is 0.00000264. The molecule has 1 aliphatic heterocycles. The van der Waals surface area contributed by atoms with Gasteiger partial charge in [-0.25, -0.2) is 13.1 Å². The molecular formula is C13H22Cl2N4O4S. The van der Waals surface area contributed by atoms with Gasteiger partial charge in [0.15, 0.2) is 0 Å². The van der Waals surface area contributed by atoms with Crippen LogP contribution in [0.3, 0.4) is 0 Å². The number of hydrogen-bond acceptors (Lipinski definition) is 6. The van der Waals surface area contributed by atoms with Crippen molar-refractivity contribution in [3.63, 3.8) is 0 Å². The summed E-state index contributed by atoms with van der Waals surface area (Å²) in [5.41, 5.74) is 0.245. The van der Waals surface area contributed by atoms with E-state index in [0.717, 1.165) is 26.2 Å². The van der Waals surface area contributed by atoms with Crippen molar-refractivity contribution in [2.45, 2.75) is 11.8 Å². The van der Waals surface area contributed by atoms with E-state index in [1.807, 2.05) is 0 Å². The number of sulfonamides is 1. The smallest absolute Gasteiger partial charge is 0.272 e. The molecule has 0 saturated carbocycles. The molecule has 1 heterocycles. The van der Waals surface area contributed by atoms with Gasteiger partial charge in [0.05, 0.1) is 9.82 Å². The molecular weight excluding hydrogens is 379 g/mol. The Morgan fingerprint density at radius 3 is 2.46 bits per heavy atom. The van der Waals surface area contributed by atoms with E-state index in [1.54, 1.807) is 0 Å². The summed E-state index contributed by atoms with van der Waals surface area (Å²) in [6.07, 6.45) is 0. The Morgan fingerprint density at radius 2 is 1.92 bits per heavy atom. The molecule has 0 aliphatic carbocycles. The first-order valence-corrected chi connectivity index (χ1v) is 8.56. The van der Waals surface area contributed by atoms with Crippen molar-refractivity contribution in [1.82, 2.24) is 14.9 Å². The van der Waals surface area contributed by atoms with Crippen molar-refractivity contribution in [2.75, 3.05) is 39.3 Å². The highest BCUT2D eigenvalue weighted by Crippen LogP contribution is 2.21. The maximum Gasteiger partial charge on any atom is 0.272 e. The number of hydrogen-bond donors (Lipinski definition) is 2. The van der Waals surface area contributed by atoms with E-state index in [9.17, 15) is 18.5 Å². The SMILES string of the molecule is Cc1cc(S(=O)(=O)NCCN2CCNCC2)ccc1[N+](=O)[O-].Cl.Cl. The van der Waals surface area contributed by atoms with Gasteiger partial charge >= 0.3 is 0 Å². The van der Waals surface area contributed by atoms with Gasteiger partial charge in [-0.05, 0) is 19.1 Å². The van der Waals surface area contributed by atoms with Gasteiger partial charge in [-0.2, -0.15) is 0 Å². The van der Waals surface area contributed by atoms with Gasteiger partial charge in [-0.1, -0.05) is 0 Å². The Labute approximate surface area is 154 Å². The van der Waals surface area contributed by atoms with Gasteiger partial charge in [0.25, 0.3) is 5.69 Å². The molecule has 1 aromatic rings. The third kappa shape index (κ3) is 6.15. The zero-order chi connectivity index (χ0) is 16.2. The molecule has 0 amide bonds. The molecule has 0 bridgehead atoms. The molecule has 1 aliphatic rings. The van der Waals surface area contributed by atoms with Crippen LogP contribution in [-0.2, 0) is 10.0 Å². The molecule has 1 aromatic carbocycles. The Bertz CT molecular complexity index is 651. The topological polar surface area (TPSA) is 105 Å². The van der Waals surface area contributed by atoms with E-state index in [4.69, 9.17) is 0 Å². The van der Waals surface area contributed by atoms with Crippen LogP contribution in [0.1, 0.15) is 5.56 Å². The largest absolute Gasteiger partial charge is 0.314 e. The lowest BCUT2D eigenvalue weighted by Gasteiger charge is -2.27. The molecule has 0 unspecified atom stereocenters. The van der Waals surface area contributed by atoms with Gasteiger partial charge in [0.2, 0.25) is 10.0 Å². The highest BCUT2D eigenvalue weighted by atomic mass is 35.5. The maximum atomic E-state index is 12.2. The second kappa shape index (κ2) is 10.1. The van der Waals surface area contributed by atoms with Gasteiger partial charge in [-0.15, -0.1) is 24.8 Å². The Hall–Kier alpha value is -0.970. The first kappa shape index (κ1) is 23.0. The number of piperazine rings is 1. The van der Waals surface area contributed by atoms with Crippen LogP contribution < -0.4 is 10.0 Å². The van der Waals surface area contributed by atoms with Crippen LogP contribution in [0.2, 0.25) is 0 Å². The van der Waals surface area contributed by atoms with Gasteiger partial charge in [0.1, 0.15) is 0 Å². The minimum atomic E-state index is -3.64. The molecule has 8 nitrogen and oxygen atoms in total. The lowest BCUT2D eigenvalue weighted by atomic mass is 10.2. The van der Waals surface area contributed by atoms with Crippen LogP contribution in [0.25, 0.3) is 0 Å².